The number of benzene rings is 2. The molecule has 0 unspecified atom stereocenters. The minimum Gasteiger partial charge on any atom is -0.484 e. The molecule has 0 aliphatic heterocycles. The molecule has 5 heteroatoms. The van der Waals surface area contributed by atoms with Crippen LogP contribution in [0.4, 0.5) is 0 Å². The van der Waals surface area contributed by atoms with Crippen LogP contribution in [-0.2, 0) is 4.79 Å². The van der Waals surface area contributed by atoms with Gasteiger partial charge in [0.05, 0.1) is 0 Å². The van der Waals surface area contributed by atoms with Gasteiger partial charge in [0.1, 0.15) is 5.75 Å². The van der Waals surface area contributed by atoms with Crippen LogP contribution in [0.2, 0.25) is 0 Å². The molecule has 4 nitrogen and oxygen atoms in total. The van der Waals surface area contributed by atoms with Crippen molar-refractivity contribution in [1.29, 1.82) is 0 Å². The van der Waals surface area contributed by atoms with Crippen molar-refractivity contribution >= 4 is 38.3 Å². The van der Waals surface area contributed by atoms with Crippen molar-refractivity contribution in [2.75, 3.05) is 6.61 Å². The fourth-order valence-electron chi connectivity index (χ4n) is 1.64. The Labute approximate surface area is 125 Å². The number of carbonyl (C=O) groups is 1. The van der Waals surface area contributed by atoms with E-state index < -0.39 is 0 Å². The van der Waals surface area contributed by atoms with E-state index in [0.29, 0.717) is 5.75 Å². The maximum atomic E-state index is 11.5. The lowest BCUT2D eigenvalue weighted by Gasteiger charge is -2.07. The standard InChI is InChI=1S/C15H15BrN2O2/c1-10(2)17-18-15(19)9-20-14-6-4-11-7-13(16)5-3-12(11)8-14/h3-8H,9H2,1-2H3,(H,18,19). The van der Waals surface area contributed by atoms with Gasteiger partial charge >= 0.3 is 0 Å². The molecule has 0 saturated heterocycles. The van der Waals surface area contributed by atoms with Gasteiger partial charge in [0.2, 0.25) is 0 Å². The molecule has 104 valence electrons. The molecule has 2 rings (SSSR count). The Kier molecular flexibility index (Phi) is 4.74. The minimum absolute atomic E-state index is 0.0567. The third-order valence-electron chi connectivity index (χ3n) is 2.55. The maximum absolute atomic E-state index is 11.5. The highest BCUT2D eigenvalue weighted by Gasteiger charge is 2.03. The zero-order chi connectivity index (χ0) is 14.5. The number of hydrogen-bond donors (Lipinski definition) is 1. The number of halogens is 1. The molecule has 1 N–H and O–H groups in total. The van der Waals surface area contributed by atoms with Crippen molar-refractivity contribution in [3.8, 4) is 5.75 Å². The lowest BCUT2D eigenvalue weighted by molar-refractivity contribution is -0.123. The highest BCUT2D eigenvalue weighted by molar-refractivity contribution is 9.10. The maximum Gasteiger partial charge on any atom is 0.277 e. The van der Waals surface area contributed by atoms with Gasteiger partial charge in [0.25, 0.3) is 5.91 Å². The van der Waals surface area contributed by atoms with E-state index in [-0.39, 0.29) is 12.5 Å². The number of carbonyl (C=O) groups excluding carboxylic acids is 1. The highest BCUT2D eigenvalue weighted by atomic mass is 79.9. The fourth-order valence-corrected chi connectivity index (χ4v) is 2.02. The van der Waals surface area contributed by atoms with Crippen LogP contribution in [0.5, 0.6) is 5.75 Å². The summed E-state index contributed by atoms with van der Waals surface area (Å²) in [6.45, 7) is 3.56. The average molecular weight is 335 g/mol. The van der Waals surface area contributed by atoms with Crippen LogP contribution in [0.1, 0.15) is 13.8 Å². The molecule has 0 aliphatic rings. The van der Waals surface area contributed by atoms with Gasteiger partial charge in [-0.1, -0.05) is 28.1 Å². The molecule has 2 aromatic rings. The summed E-state index contributed by atoms with van der Waals surface area (Å²) in [6.07, 6.45) is 0. The zero-order valence-electron chi connectivity index (χ0n) is 11.3. The first kappa shape index (κ1) is 14.5. The molecule has 0 aromatic heterocycles. The molecule has 0 heterocycles. The van der Waals surface area contributed by atoms with Gasteiger partial charge in [0.15, 0.2) is 6.61 Å². The zero-order valence-corrected chi connectivity index (χ0v) is 12.9. The second-order valence-electron chi connectivity index (χ2n) is 4.54. The van der Waals surface area contributed by atoms with Gasteiger partial charge in [-0.15, -0.1) is 0 Å². The smallest absolute Gasteiger partial charge is 0.277 e. The molecule has 0 aliphatic carbocycles. The number of amides is 1. The molecular weight excluding hydrogens is 320 g/mol. The first-order valence-corrected chi connectivity index (χ1v) is 6.96. The van der Waals surface area contributed by atoms with Crippen LogP contribution in [0.3, 0.4) is 0 Å². The Morgan fingerprint density at radius 2 is 1.90 bits per heavy atom. The fraction of sp³-hybridized carbons (Fsp3) is 0.200. The lowest BCUT2D eigenvalue weighted by atomic mass is 10.1. The third kappa shape index (κ3) is 4.06. The molecule has 20 heavy (non-hydrogen) atoms. The summed E-state index contributed by atoms with van der Waals surface area (Å²) in [4.78, 5) is 11.5. The van der Waals surface area contributed by atoms with Crippen LogP contribution < -0.4 is 10.2 Å². The van der Waals surface area contributed by atoms with E-state index in [0.717, 1.165) is 21.0 Å². The summed E-state index contributed by atoms with van der Waals surface area (Å²) in [5.41, 5.74) is 3.20. The molecule has 1 amide bonds. The Bertz CT molecular complexity index is 664. The summed E-state index contributed by atoms with van der Waals surface area (Å²) in [6, 6.07) is 11.7. The van der Waals surface area contributed by atoms with Crippen molar-refractivity contribution in [3.63, 3.8) is 0 Å². The van der Waals surface area contributed by atoms with E-state index in [1.165, 1.54) is 0 Å². The van der Waals surface area contributed by atoms with E-state index in [1.54, 1.807) is 0 Å². The topological polar surface area (TPSA) is 50.7 Å². The number of hydrazone groups is 1. The summed E-state index contributed by atoms with van der Waals surface area (Å²) in [5, 5.41) is 6.01. The van der Waals surface area contributed by atoms with Crippen molar-refractivity contribution < 1.29 is 9.53 Å². The van der Waals surface area contributed by atoms with E-state index in [9.17, 15) is 4.79 Å². The Hall–Kier alpha value is -1.88. The number of fused-ring (bicyclic) bond motifs is 1. The number of hydrogen-bond acceptors (Lipinski definition) is 3. The normalized spacial score (nSPS) is 10.2. The molecule has 0 bridgehead atoms. The third-order valence-corrected chi connectivity index (χ3v) is 3.04. The molecule has 2 aromatic carbocycles. The second kappa shape index (κ2) is 6.52. The first-order chi connectivity index (χ1) is 9.54. The molecule has 0 atom stereocenters. The predicted molar refractivity (Wildman–Crippen MR) is 84.1 cm³/mol. The van der Waals surface area contributed by atoms with E-state index in [1.807, 2.05) is 50.2 Å². The number of rotatable bonds is 4. The second-order valence-corrected chi connectivity index (χ2v) is 5.45. The molecule has 0 saturated carbocycles. The van der Waals surface area contributed by atoms with Crippen molar-refractivity contribution in [2.24, 2.45) is 5.10 Å². The predicted octanol–water partition coefficient (Wildman–Crippen LogP) is 3.49. The van der Waals surface area contributed by atoms with Crippen LogP contribution in [0.15, 0.2) is 46.0 Å². The quantitative estimate of drug-likeness (QED) is 0.687. The lowest BCUT2D eigenvalue weighted by Crippen LogP contribution is -2.25. The molecule has 0 radical (unpaired) electrons. The average Bonchev–Trinajstić information content (AvgIpc) is 2.42. The minimum atomic E-state index is -0.276. The van der Waals surface area contributed by atoms with Crippen molar-refractivity contribution in [2.45, 2.75) is 13.8 Å². The summed E-state index contributed by atoms with van der Waals surface area (Å²) in [7, 11) is 0. The number of ether oxygens (including phenoxy) is 1. The van der Waals surface area contributed by atoms with Crippen LogP contribution in [-0.4, -0.2) is 18.2 Å². The van der Waals surface area contributed by atoms with E-state index in [2.05, 4.69) is 26.5 Å². The Morgan fingerprint density at radius 3 is 2.65 bits per heavy atom. The summed E-state index contributed by atoms with van der Waals surface area (Å²) < 4.78 is 6.48. The van der Waals surface area contributed by atoms with Gasteiger partial charge in [-0.2, -0.15) is 5.10 Å². The first-order valence-electron chi connectivity index (χ1n) is 6.16. The summed E-state index contributed by atoms with van der Waals surface area (Å²) in [5.74, 6) is 0.384. The summed E-state index contributed by atoms with van der Waals surface area (Å²) >= 11 is 3.43. The SMILES string of the molecule is CC(C)=NNC(=O)COc1ccc2cc(Br)ccc2c1. The van der Waals surface area contributed by atoms with Gasteiger partial charge in [0, 0.05) is 10.2 Å². The highest BCUT2D eigenvalue weighted by Crippen LogP contribution is 2.23. The largest absolute Gasteiger partial charge is 0.484 e. The monoisotopic (exact) mass is 334 g/mol. The number of nitrogens with one attached hydrogen (secondary N) is 1. The molecular formula is C15H15BrN2O2. The van der Waals surface area contributed by atoms with Crippen LogP contribution >= 0.6 is 15.9 Å². The molecule has 0 fully saturated rings. The Morgan fingerprint density at radius 1 is 1.20 bits per heavy atom. The van der Waals surface area contributed by atoms with Crippen molar-refractivity contribution in [1.82, 2.24) is 5.43 Å². The van der Waals surface area contributed by atoms with Crippen LogP contribution in [0, 0.1) is 0 Å². The van der Waals surface area contributed by atoms with Gasteiger partial charge in [-0.25, -0.2) is 5.43 Å². The van der Waals surface area contributed by atoms with E-state index >= 15 is 0 Å². The van der Waals surface area contributed by atoms with Crippen molar-refractivity contribution in [3.05, 3.63) is 40.9 Å². The number of nitrogens with zero attached hydrogens (tertiary/aromatic N) is 1. The van der Waals surface area contributed by atoms with Gasteiger partial charge in [-0.05, 0) is 48.9 Å². The Balaban J connectivity index is 2.01. The van der Waals surface area contributed by atoms with Gasteiger partial charge in [-0.3, -0.25) is 4.79 Å². The van der Waals surface area contributed by atoms with Crippen LogP contribution in [0.25, 0.3) is 10.8 Å². The molecule has 0 spiro atoms. The van der Waals surface area contributed by atoms with Gasteiger partial charge < -0.3 is 4.74 Å². The van der Waals surface area contributed by atoms with E-state index in [4.69, 9.17) is 4.74 Å².